The predicted molar refractivity (Wildman–Crippen MR) is 120 cm³/mol. The largest absolute Gasteiger partial charge is 0.389 e. The van der Waals surface area contributed by atoms with Crippen LogP contribution in [0, 0.1) is 0 Å². The third-order valence-electron chi connectivity index (χ3n) is 6.54. The van der Waals surface area contributed by atoms with Crippen LogP contribution in [0.25, 0.3) is 0 Å². The fourth-order valence-corrected chi connectivity index (χ4v) is 4.39. The third kappa shape index (κ3) is 7.83. The van der Waals surface area contributed by atoms with Gasteiger partial charge in [0, 0.05) is 52.4 Å². The molecule has 3 saturated heterocycles. The van der Waals surface area contributed by atoms with Gasteiger partial charge in [-0.3, -0.25) is 9.80 Å². The average molecular weight is 461 g/mol. The van der Waals surface area contributed by atoms with Crippen LogP contribution in [-0.4, -0.2) is 135 Å². The lowest BCUT2D eigenvalue weighted by Gasteiger charge is -2.38. The Hall–Kier alpha value is -0.400. The summed E-state index contributed by atoms with van der Waals surface area (Å²) in [5.41, 5.74) is 0. The molecule has 0 aliphatic carbocycles. The van der Waals surface area contributed by atoms with E-state index in [1.807, 2.05) is 27.7 Å². The van der Waals surface area contributed by atoms with E-state index in [1.54, 1.807) is 0 Å². The zero-order chi connectivity index (χ0) is 23.2. The number of nitrogens with zero attached hydrogens (tertiary/aromatic N) is 2. The number of ether oxygens (including phenoxy) is 4. The van der Waals surface area contributed by atoms with E-state index < -0.39 is 23.8 Å². The topological polar surface area (TPSA) is 108 Å². The highest BCUT2D eigenvalue weighted by atomic mass is 16.7. The maximum Gasteiger partial charge on any atom is 0.162 e. The molecule has 4 atom stereocenters. The molecule has 0 spiro atoms. The van der Waals surface area contributed by atoms with Gasteiger partial charge in [-0.1, -0.05) is 0 Å². The summed E-state index contributed by atoms with van der Waals surface area (Å²) in [6.45, 7) is 15.3. The SMILES string of the molecule is CC1(C)OCC(O)C(N2CCNCCNCCN(C3COC(C)(C)OCC3O)CC2)CO1. The van der Waals surface area contributed by atoms with Crippen molar-refractivity contribution in [2.75, 3.05) is 78.8 Å². The number of hydrogen-bond donors (Lipinski definition) is 4. The van der Waals surface area contributed by atoms with E-state index in [-0.39, 0.29) is 25.3 Å². The van der Waals surface area contributed by atoms with Gasteiger partial charge in [-0.2, -0.15) is 0 Å². The molecule has 3 aliphatic heterocycles. The van der Waals surface area contributed by atoms with E-state index in [1.165, 1.54) is 0 Å². The van der Waals surface area contributed by atoms with Crippen molar-refractivity contribution >= 4 is 0 Å². The summed E-state index contributed by atoms with van der Waals surface area (Å²) in [5, 5.41) is 28.6. The Kier molecular flexibility index (Phi) is 9.69. The molecule has 0 radical (unpaired) electrons. The van der Waals surface area contributed by atoms with Crippen LogP contribution in [-0.2, 0) is 18.9 Å². The lowest BCUT2D eigenvalue weighted by Crippen LogP contribution is -2.55. The Bertz CT molecular complexity index is 519. The highest BCUT2D eigenvalue weighted by Crippen LogP contribution is 2.22. The summed E-state index contributed by atoms with van der Waals surface area (Å²) in [4.78, 5) is 4.57. The Morgan fingerprint density at radius 2 is 0.969 bits per heavy atom. The molecule has 3 fully saturated rings. The van der Waals surface area contributed by atoms with Crippen molar-refractivity contribution in [3.05, 3.63) is 0 Å². The van der Waals surface area contributed by atoms with Gasteiger partial charge in [-0.25, -0.2) is 0 Å². The first kappa shape index (κ1) is 26.2. The molecular weight excluding hydrogens is 416 g/mol. The second-order valence-electron chi connectivity index (χ2n) is 9.89. The molecule has 0 bridgehead atoms. The van der Waals surface area contributed by atoms with Gasteiger partial charge in [0.25, 0.3) is 0 Å². The van der Waals surface area contributed by atoms with Crippen molar-refractivity contribution in [3.63, 3.8) is 0 Å². The quantitative estimate of drug-likeness (QED) is 0.402. The first-order valence-electron chi connectivity index (χ1n) is 12.0. The van der Waals surface area contributed by atoms with Crippen molar-refractivity contribution in [2.24, 2.45) is 0 Å². The molecule has 188 valence electrons. The zero-order valence-corrected chi connectivity index (χ0v) is 20.2. The van der Waals surface area contributed by atoms with Gasteiger partial charge in [0.2, 0.25) is 0 Å². The number of rotatable bonds is 2. The Labute approximate surface area is 192 Å². The van der Waals surface area contributed by atoms with Crippen LogP contribution in [0.5, 0.6) is 0 Å². The zero-order valence-electron chi connectivity index (χ0n) is 20.2. The minimum Gasteiger partial charge on any atom is -0.389 e. The van der Waals surface area contributed by atoms with E-state index in [4.69, 9.17) is 18.9 Å². The summed E-state index contributed by atoms with van der Waals surface area (Å²) in [6.07, 6.45) is -1.25. The molecule has 3 aliphatic rings. The van der Waals surface area contributed by atoms with Crippen molar-refractivity contribution < 1.29 is 29.2 Å². The maximum absolute atomic E-state index is 10.8. The molecule has 0 aromatic rings. The van der Waals surface area contributed by atoms with E-state index in [2.05, 4.69) is 20.4 Å². The third-order valence-corrected chi connectivity index (χ3v) is 6.54. The predicted octanol–water partition coefficient (Wildman–Crippen LogP) is -1.19. The fourth-order valence-electron chi connectivity index (χ4n) is 4.39. The fraction of sp³-hybridized carbons (Fsp3) is 1.00. The second-order valence-corrected chi connectivity index (χ2v) is 9.89. The smallest absolute Gasteiger partial charge is 0.162 e. The van der Waals surface area contributed by atoms with Gasteiger partial charge >= 0.3 is 0 Å². The summed E-state index contributed by atoms with van der Waals surface area (Å²) in [7, 11) is 0. The maximum atomic E-state index is 10.8. The minimum absolute atomic E-state index is 0.154. The second kappa shape index (κ2) is 11.8. The van der Waals surface area contributed by atoms with Crippen LogP contribution in [0.2, 0.25) is 0 Å². The molecule has 32 heavy (non-hydrogen) atoms. The van der Waals surface area contributed by atoms with Gasteiger partial charge < -0.3 is 39.8 Å². The van der Waals surface area contributed by atoms with Crippen LogP contribution in [0.4, 0.5) is 0 Å². The number of aliphatic hydroxyl groups excluding tert-OH is 2. The van der Waals surface area contributed by atoms with E-state index in [0.29, 0.717) is 13.2 Å². The highest BCUT2D eigenvalue weighted by Gasteiger charge is 2.37. The molecule has 3 rings (SSSR count). The van der Waals surface area contributed by atoms with Gasteiger partial charge in [0.1, 0.15) is 0 Å². The number of hydrogen-bond acceptors (Lipinski definition) is 10. The van der Waals surface area contributed by atoms with Crippen molar-refractivity contribution in [1.29, 1.82) is 0 Å². The van der Waals surface area contributed by atoms with Crippen LogP contribution < -0.4 is 10.6 Å². The normalized spacial score (nSPS) is 36.9. The standard InChI is InChI=1S/C22H44N4O6/c1-21(2)29-13-17(19(27)15-31-21)25-9-7-23-5-6-24-8-10-26(12-11-25)18-14-30-22(3,4)32-16-20(18)28/h17-20,23-24,27-28H,5-16H2,1-4H3. The number of aliphatic hydroxyl groups is 2. The van der Waals surface area contributed by atoms with Crippen LogP contribution in [0.15, 0.2) is 0 Å². The van der Waals surface area contributed by atoms with Gasteiger partial charge in [0.15, 0.2) is 11.6 Å². The summed E-state index contributed by atoms with van der Waals surface area (Å²) in [6, 6.07) is -0.307. The van der Waals surface area contributed by atoms with Crippen molar-refractivity contribution in [3.8, 4) is 0 Å². The number of nitrogens with one attached hydrogen (secondary N) is 2. The molecule has 0 amide bonds. The van der Waals surface area contributed by atoms with Crippen LogP contribution in [0.3, 0.4) is 0 Å². The molecular formula is C22H44N4O6. The molecule has 10 nitrogen and oxygen atoms in total. The molecule has 4 N–H and O–H groups in total. The first-order chi connectivity index (χ1) is 15.2. The molecule has 0 saturated carbocycles. The van der Waals surface area contributed by atoms with E-state index >= 15 is 0 Å². The molecule has 4 unspecified atom stereocenters. The highest BCUT2D eigenvalue weighted by molar-refractivity contribution is 4.87. The monoisotopic (exact) mass is 460 g/mol. The summed E-state index contributed by atoms with van der Waals surface area (Å²) in [5.74, 6) is -1.40. The van der Waals surface area contributed by atoms with Crippen LogP contribution >= 0.6 is 0 Å². The Morgan fingerprint density at radius 3 is 1.38 bits per heavy atom. The minimum atomic E-state index is -0.702. The van der Waals surface area contributed by atoms with Gasteiger partial charge in [-0.05, 0) is 27.7 Å². The van der Waals surface area contributed by atoms with E-state index in [9.17, 15) is 10.2 Å². The molecule has 0 aromatic carbocycles. The van der Waals surface area contributed by atoms with Crippen molar-refractivity contribution in [1.82, 2.24) is 20.4 Å². The molecule has 10 heteroatoms. The lowest BCUT2D eigenvalue weighted by molar-refractivity contribution is -0.205. The first-order valence-corrected chi connectivity index (χ1v) is 12.0. The Balaban J connectivity index is 1.71. The van der Waals surface area contributed by atoms with Gasteiger partial charge in [-0.15, -0.1) is 0 Å². The molecule has 0 aromatic heterocycles. The van der Waals surface area contributed by atoms with Crippen molar-refractivity contribution in [2.45, 2.75) is 63.6 Å². The van der Waals surface area contributed by atoms with Crippen LogP contribution in [0.1, 0.15) is 27.7 Å². The molecule has 3 heterocycles. The Morgan fingerprint density at radius 1 is 0.594 bits per heavy atom. The van der Waals surface area contributed by atoms with Gasteiger partial charge in [0.05, 0.1) is 50.7 Å². The summed E-state index contributed by atoms with van der Waals surface area (Å²) >= 11 is 0. The van der Waals surface area contributed by atoms with E-state index in [0.717, 1.165) is 52.4 Å². The lowest BCUT2D eigenvalue weighted by atomic mass is 10.1. The summed E-state index contributed by atoms with van der Waals surface area (Å²) < 4.78 is 23.4. The average Bonchev–Trinajstić information content (AvgIpc) is 2.95.